The Morgan fingerprint density at radius 2 is 1.83 bits per heavy atom. The number of furan rings is 1. The Labute approximate surface area is 168 Å². The van der Waals surface area contributed by atoms with Crippen LogP contribution in [0.4, 0.5) is 5.88 Å². The standard InChI is InChI=1S/C23H21N3O3/c1-16-9-11-17(12-10-16)19-14-22(29-26-19)25-21(27)15-24-23(20-8-5-13-28-20)18-6-3-2-4-7-18/h2-14,23-24H,15H2,1H3,(H,25,27)/t23-/m0/s1. The minimum Gasteiger partial charge on any atom is -0.467 e. The number of aromatic nitrogens is 1. The van der Waals surface area contributed by atoms with Gasteiger partial charge in [-0.2, -0.15) is 0 Å². The van der Waals surface area contributed by atoms with Crippen LogP contribution in [0.15, 0.2) is 88.0 Å². The molecule has 1 amide bonds. The number of nitrogens with one attached hydrogen (secondary N) is 2. The molecule has 0 saturated heterocycles. The van der Waals surface area contributed by atoms with E-state index in [1.165, 1.54) is 5.56 Å². The molecule has 0 aliphatic rings. The minimum atomic E-state index is -0.232. The van der Waals surface area contributed by atoms with Crippen molar-refractivity contribution in [2.24, 2.45) is 0 Å². The quantitative estimate of drug-likeness (QED) is 0.486. The number of amides is 1. The summed E-state index contributed by atoms with van der Waals surface area (Å²) in [5.74, 6) is 0.816. The molecule has 29 heavy (non-hydrogen) atoms. The van der Waals surface area contributed by atoms with Gasteiger partial charge in [-0.3, -0.25) is 15.4 Å². The largest absolute Gasteiger partial charge is 0.467 e. The van der Waals surface area contributed by atoms with Gasteiger partial charge in [-0.1, -0.05) is 65.3 Å². The summed E-state index contributed by atoms with van der Waals surface area (Å²) in [7, 11) is 0. The van der Waals surface area contributed by atoms with Crippen LogP contribution in [0.3, 0.4) is 0 Å². The van der Waals surface area contributed by atoms with Crippen molar-refractivity contribution in [3.63, 3.8) is 0 Å². The molecule has 2 N–H and O–H groups in total. The summed E-state index contributed by atoms with van der Waals surface area (Å²) in [6.45, 7) is 2.11. The van der Waals surface area contributed by atoms with E-state index in [0.29, 0.717) is 11.6 Å². The van der Waals surface area contributed by atoms with Crippen molar-refractivity contribution in [3.8, 4) is 11.3 Å². The Morgan fingerprint density at radius 1 is 1.03 bits per heavy atom. The SMILES string of the molecule is Cc1ccc(-c2cc(NC(=O)CN[C@@H](c3ccccc3)c3ccco3)on2)cc1. The Bertz CT molecular complexity index is 1050. The van der Waals surface area contributed by atoms with Gasteiger partial charge < -0.3 is 8.94 Å². The van der Waals surface area contributed by atoms with Crippen LogP contribution in [-0.4, -0.2) is 17.6 Å². The van der Waals surface area contributed by atoms with E-state index in [1.54, 1.807) is 12.3 Å². The van der Waals surface area contributed by atoms with E-state index in [2.05, 4.69) is 15.8 Å². The molecule has 2 aromatic carbocycles. The molecule has 2 aromatic heterocycles. The first kappa shape index (κ1) is 18.7. The molecule has 0 unspecified atom stereocenters. The summed E-state index contributed by atoms with van der Waals surface area (Å²) in [5.41, 5.74) is 3.78. The minimum absolute atomic E-state index is 0.0842. The molecule has 4 aromatic rings. The lowest BCUT2D eigenvalue weighted by Gasteiger charge is -2.16. The van der Waals surface area contributed by atoms with Crippen LogP contribution in [0.25, 0.3) is 11.3 Å². The molecule has 0 spiro atoms. The van der Waals surface area contributed by atoms with Crippen molar-refractivity contribution in [3.05, 3.63) is 95.9 Å². The number of anilines is 1. The van der Waals surface area contributed by atoms with Crippen molar-refractivity contribution in [2.75, 3.05) is 11.9 Å². The summed E-state index contributed by atoms with van der Waals surface area (Å²) in [6.07, 6.45) is 1.62. The Morgan fingerprint density at radius 3 is 2.55 bits per heavy atom. The van der Waals surface area contributed by atoms with Crippen LogP contribution in [0.5, 0.6) is 0 Å². The Balaban J connectivity index is 1.40. The Hall–Kier alpha value is -3.64. The van der Waals surface area contributed by atoms with Gasteiger partial charge in [0, 0.05) is 11.6 Å². The maximum Gasteiger partial charge on any atom is 0.240 e. The summed E-state index contributed by atoms with van der Waals surface area (Å²) in [4.78, 5) is 12.4. The van der Waals surface area contributed by atoms with Gasteiger partial charge in [0.1, 0.15) is 11.5 Å². The maximum absolute atomic E-state index is 12.4. The van der Waals surface area contributed by atoms with E-state index >= 15 is 0 Å². The summed E-state index contributed by atoms with van der Waals surface area (Å²) >= 11 is 0. The van der Waals surface area contributed by atoms with Crippen LogP contribution < -0.4 is 10.6 Å². The summed E-state index contributed by atoms with van der Waals surface area (Å²) in [5, 5.41) is 10.00. The number of hydrogen-bond acceptors (Lipinski definition) is 5. The molecule has 4 rings (SSSR count). The second-order valence-electron chi connectivity index (χ2n) is 6.73. The number of nitrogens with zero attached hydrogens (tertiary/aromatic N) is 1. The molecule has 6 heteroatoms. The van der Waals surface area contributed by atoms with E-state index in [-0.39, 0.29) is 18.5 Å². The smallest absolute Gasteiger partial charge is 0.240 e. The molecule has 0 radical (unpaired) electrons. The van der Waals surface area contributed by atoms with Crippen molar-refractivity contribution < 1.29 is 13.7 Å². The fraction of sp³-hybridized carbons (Fsp3) is 0.130. The molecular formula is C23H21N3O3. The fourth-order valence-electron chi connectivity index (χ4n) is 3.05. The molecule has 2 heterocycles. The molecule has 0 fully saturated rings. The van der Waals surface area contributed by atoms with Crippen LogP contribution in [0.1, 0.15) is 22.9 Å². The highest BCUT2D eigenvalue weighted by Gasteiger charge is 2.18. The first-order valence-electron chi connectivity index (χ1n) is 9.34. The molecule has 0 aliphatic carbocycles. The lowest BCUT2D eigenvalue weighted by Crippen LogP contribution is -2.31. The van der Waals surface area contributed by atoms with Gasteiger partial charge in [0.25, 0.3) is 0 Å². The number of hydrogen-bond donors (Lipinski definition) is 2. The van der Waals surface area contributed by atoms with E-state index in [0.717, 1.165) is 16.9 Å². The average Bonchev–Trinajstić information content (AvgIpc) is 3.42. The van der Waals surface area contributed by atoms with Crippen LogP contribution in [0.2, 0.25) is 0 Å². The molecular weight excluding hydrogens is 366 g/mol. The normalized spacial score (nSPS) is 11.9. The molecule has 0 bridgehead atoms. The zero-order chi connectivity index (χ0) is 20.1. The number of carbonyl (C=O) groups excluding carboxylic acids is 1. The average molecular weight is 387 g/mol. The molecule has 1 atom stereocenters. The summed E-state index contributed by atoms with van der Waals surface area (Å²) < 4.78 is 10.8. The molecule has 6 nitrogen and oxygen atoms in total. The van der Waals surface area contributed by atoms with E-state index < -0.39 is 0 Å². The van der Waals surface area contributed by atoms with E-state index in [4.69, 9.17) is 8.94 Å². The molecule has 146 valence electrons. The first-order chi connectivity index (χ1) is 14.2. The number of aryl methyl sites for hydroxylation is 1. The van der Waals surface area contributed by atoms with Gasteiger partial charge in [-0.25, -0.2) is 0 Å². The Kier molecular flexibility index (Phi) is 5.54. The summed E-state index contributed by atoms with van der Waals surface area (Å²) in [6, 6.07) is 23.0. The number of carbonyl (C=O) groups is 1. The van der Waals surface area contributed by atoms with Crippen LogP contribution in [-0.2, 0) is 4.79 Å². The second-order valence-corrected chi connectivity index (χ2v) is 6.73. The van der Waals surface area contributed by atoms with Crippen molar-refractivity contribution in [1.82, 2.24) is 10.5 Å². The van der Waals surface area contributed by atoms with Gasteiger partial charge in [0.2, 0.25) is 11.8 Å². The van der Waals surface area contributed by atoms with Gasteiger partial charge in [-0.15, -0.1) is 0 Å². The third-order valence-corrected chi connectivity index (χ3v) is 4.55. The van der Waals surface area contributed by atoms with E-state index in [9.17, 15) is 4.79 Å². The lowest BCUT2D eigenvalue weighted by molar-refractivity contribution is -0.115. The topological polar surface area (TPSA) is 80.3 Å². The van der Waals surface area contributed by atoms with Crippen LogP contribution in [0, 0.1) is 6.92 Å². The third-order valence-electron chi connectivity index (χ3n) is 4.55. The monoisotopic (exact) mass is 387 g/mol. The highest BCUT2D eigenvalue weighted by atomic mass is 16.5. The highest BCUT2D eigenvalue weighted by molar-refractivity contribution is 5.91. The second kappa shape index (κ2) is 8.58. The van der Waals surface area contributed by atoms with Crippen LogP contribution >= 0.6 is 0 Å². The molecule has 0 saturated carbocycles. The third kappa shape index (κ3) is 4.62. The van der Waals surface area contributed by atoms with Gasteiger partial charge in [0.15, 0.2) is 0 Å². The fourth-order valence-corrected chi connectivity index (χ4v) is 3.05. The zero-order valence-electron chi connectivity index (χ0n) is 16.0. The van der Waals surface area contributed by atoms with E-state index in [1.807, 2.05) is 73.7 Å². The van der Waals surface area contributed by atoms with Gasteiger partial charge in [0.05, 0.1) is 18.8 Å². The van der Waals surface area contributed by atoms with Crippen molar-refractivity contribution in [1.29, 1.82) is 0 Å². The number of rotatable bonds is 7. The predicted molar refractivity (Wildman–Crippen MR) is 110 cm³/mol. The highest BCUT2D eigenvalue weighted by Crippen LogP contribution is 2.23. The number of benzene rings is 2. The van der Waals surface area contributed by atoms with Gasteiger partial charge in [-0.05, 0) is 24.6 Å². The van der Waals surface area contributed by atoms with Gasteiger partial charge >= 0.3 is 0 Å². The maximum atomic E-state index is 12.4. The first-order valence-corrected chi connectivity index (χ1v) is 9.34. The molecule has 0 aliphatic heterocycles. The van der Waals surface area contributed by atoms with Crippen molar-refractivity contribution in [2.45, 2.75) is 13.0 Å². The predicted octanol–water partition coefficient (Wildman–Crippen LogP) is 4.56. The lowest BCUT2D eigenvalue weighted by atomic mass is 10.0. The zero-order valence-corrected chi connectivity index (χ0v) is 16.0. The van der Waals surface area contributed by atoms with Crippen molar-refractivity contribution >= 4 is 11.8 Å².